The second-order valence-corrected chi connectivity index (χ2v) is 6.38. The molecule has 0 saturated heterocycles. The van der Waals surface area contributed by atoms with Crippen molar-refractivity contribution in [3.05, 3.63) is 33.9 Å². The Bertz CT molecular complexity index is 586. The lowest BCUT2D eigenvalue weighted by atomic mass is 10.2. The van der Waals surface area contributed by atoms with Gasteiger partial charge in [0, 0.05) is 18.2 Å². The normalized spacial score (nSPS) is 11.0. The molecule has 1 amide bonds. The minimum Gasteiger partial charge on any atom is -0.480 e. The molecular formula is C13H16N2O5S. The number of carboxylic acid groups (broad SMARTS) is 1. The van der Waals surface area contributed by atoms with Crippen LogP contribution in [-0.4, -0.2) is 33.2 Å². The van der Waals surface area contributed by atoms with Crippen LogP contribution in [0.2, 0.25) is 0 Å². The van der Waals surface area contributed by atoms with Gasteiger partial charge in [0.15, 0.2) is 0 Å². The summed E-state index contributed by atoms with van der Waals surface area (Å²) >= 11 is 0.837. The fourth-order valence-corrected chi connectivity index (χ4v) is 2.54. The summed E-state index contributed by atoms with van der Waals surface area (Å²) in [5.74, 6) is -1.45. The van der Waals surface area contributed by atoms with Gasteiger partial charge < -0.3 is 10.4 Å². The topological polar surface area (TPSA) is 110 Å². The summed E-state index contributed by atoms with van der Waals surface area (Å²) in [5, 5.41) is 22.7. The molecule has 1 aromatic carbocycles. The standard InChI is InChI=1S/C13H16N2O5S/c1-4-14-11(16)8-5-6-9(15(19)20)10(7-8)21-13(2,3)12(17)18/h5-7H,4H2,1-3H3,(H,14,16)(H,17,18). The highest BCUT2D eigenvalue weighted by molar-refractivity contribution is 8.01. The van der Waals surface area contributed by atoms with E-state index in [1.54, 1.807) is 6.92 Å². The van der Waals surface area contributed by atoms with Gasteiger partial charge in [-0.15, -0.1) is 11.8 Å². The van der Waals surface area contributed by atoms with E-state index in [9.17, 15) is 19.7 Å². The summed E-state index contributed by atoms with van der Waals surface area (Å²) in [6, 6.07) is 3.91. The molecular weight excluding hydrogens is 296 g/mol. The molecule has 0 aliphatic heterocycles. The summed E-state index contributed by atoms with van der Waals surface area (Å²) in [5.41, 5.74) is 0.0357. The molecule has 2 N–H and O–H groups in total. The van der Waals surface area contributed by atoms with Crippen LogP contribution in [0.5, 0.6) is 0 Å². The Balaban J connectivity index is 3.25. The van der Waals surface area contributed by atoms with Gasteiger partial charge >= 0.3 is 5.97 Å². The Morgan fingerprint density at radius 1 is 1.43 bits per heavy atom. The monoisotopic (exact) mass is 312 g/mol. The number of nitrogens with zero attached hydrogens (tertiary/aromatic N) is 1. The number of hydrogen-bond acceptors (Lipinski definition) is 5. The molecule has 0 unspecified atom stereocenters. The highest BCUT2D eigenvalue weighted by Crippen LogP contribution is 2.38. The molecule has 114 valence electrons. The first-order chi connectivity index (χ1) is 9.69. The lowest BCUT2D eigenvalue weighted by molar-refractivity contribution is -0.387. The number of rotatable bonds is 6. The van der Waals surface area contributed by atoms with E-state index in [1.807, 2.05) is 0 Å². The van der Waals surface area contributed by atoms with E-state index in [4.69, 9.17) is 5.11 Å². The van der Waals surface area contributed by atoms with E-state index in [2.05, 4.69) is 5.32 Å². The lowest BCUT2D eigenvalue weighted by Crippen LogP contribution is -2.27. The van der Waals surface area contributed by atoms with Gasteiger partial charge in [-0.3, -0.25) is 19.7 Å². The molecule has 0 atom stereocenters. The van der Waals surface area contributed by atoms with Crippen molar-refractivity contribution >= 4 is 29.3 Å². The van der Waals surface area contributed by atoms with Gasteiger partial charge in [0.25, 0.3) is 11.6 Å². The van der Waals surface area contributed by atoms with Crippen LogP contribution >= 0.6 is 11.8 Å². The molecule has 7 nitrogen and oxygen atoms in total. The third kappa shape index (κ3) is 4.19. The second kappa shape index (κ2) is 6.57. The maximum atomic E-state index is 11.8. The quantitative estimate of drug-likeness (QED) is 0.474. The van der Waals surface area contributed by atoms with Gasteiger partial charge in [-0.1, -0.05) is 0 Å². The Kier molecular flexibility index (Phi) is 5.31. The van der Waals surface area contributed by atoms with Crippen molar-refractivity contribution in [1.29, 1.82) is 0 Å². The summed E-state index contributed by atoms with van der Waals surface area (Å²) < 4.78 is -1.25. The van der Waals surface area contributed by atoms with Gasteiger partial charge in [-0.2, -0.15) is 0 Å². The SMILES string of the molecule is CCNC(=O)c1ccc([N+](=O)[O-])c(SC(C)(C)C(=O)O)c1. The van der Waals surface area contributed by atoms with Crippen molar-refractivity contribution in [1.82, 2.24) is 5.32 Å². The number of hydrogen-bond donors (Lipinski definition) is 2. The lowest BCUT2D eigenvalue weighted by Gasteiger charge is -2.18. The maximum Gasteiger partial charge on any atom is 0.319 e. The van der Waals surface area contributed by atoms with Crippen molar-refractivity contribution in [2.24, 2.45) is 0 Å². The zero-order chi connectivity index (χ0) is 16.2. The smallest absolute Gasteiger partial charge is 0.319 e. The zero-order valence-corrected chi connectivity index (χ0v) is 12.7. The van der Waals surface area contributed by atoms with Crippen molar-refractivity contribution in [2.45, 2.75) is 30.4 Å². The molecule has 8 heteroatoms. The van der Waals surface area contributed by atoms with E-state index in [-0.39, 0.29) is 22.1 Å². The minimum absolute atomic E-state index is 0.149. The van der Waals surface area contributed by atoms with E-state index in [0.29, 0.717) is 6.54 Å². The Labute approximate surface area is 125 Å². The van der Waals surface area contributed by atoms with Gasteiger partial charge in [-0.25, -0.2) is 0 Å². The summed E-state index contributed by atoms with van der Waals surface area (Å²) in [6.07, 6.45) is 0. The Hall–Kier alpha value is -2.09. The van der Waals surface area contributed by atoms with E-state index < -0.39 is 15.6 Å². The molecule has 0 fully saturated rings. The first-order valence-corrected chi connectivity index (χ1v) is 6.99. The third-order valence-electron chi connectivity index (χ3n) is 2.64. The average molecular weight is 312 g/mol. The zero-order valence-electron chi connectivity index (χ0n) is 11.9. The largest absolute Gasteiger partial charge is 0.480 e. The van der Waals surface area contributed by atoms with Crippen molar-refractivity contribution in [2.75, 3.05) is 6.54 Å². The summed E-state index contributed by atoms with van der Waals surface area (Å²) in [4.78, 5) is 33.5. The predicted octanol–water partition coefficient (Wildman–Crippen LogP) is 2.30. The molecule has 1 aromatic rings. The molecule has 0 aliphatic carbocycles. The van der Waals surface area contributed by atoms with Crippen molar-refractivity contribution < 1.29 is 19.6 Å². The molecule has 0 radical (unpaired) electrons. The number of amides is 1. The molecule has 0 aromatic heterocycles. The summed E-state index contributed by atoms with van der Waals surface area (Å²) in [7, 11) is 0. The number of carbonyl (C=O) groups is 2. The summed E-state index contributed by atoms with van der Waals surface area (Å²) in [6.45, 7) is 5.08. The number of benzene rings is 1. The Morgan fingerprint density at radius 2 is 2.05 bits per heavy atom. The van der Waals surface area contributed by atoms with E-state index >= 15 is 0 Å². The highest BCUT2D eigenvalue weighted by atomic mass is 32.2. The van der Waals surface area contributed by atoms with Crippen LogP contribution in [0.3, 0.4) is 0 Å². The number of nitrogens with one attached hydrogen (secondary N) is 1. The number of carbonyl (C=O) groups excluding carboxylic acids is 1. The maximum absolute atomic E-state index is 11.8. The van der Waals surface area contributed by atoms with Crippen LogP contribution in [0.1, 0.15) is 31.1 Å². The predicted molar refractivity (Wildman–Crippen MR) is 78.7 cm³/mol. The molecule has 0 aliphatic rings. The van der Waals surface area contributed by atoms with Crippen LogP contribution in [0.4, 0.5) is 5.69 Å². The van der Waals surface area contributed by atoms with Gasteiger partial charge in [-0.05, 0) is 32.9 Å². The first-order valence-electron chi connectivity index (χ1n) is 6.18. The number of carboxylic acids is 1. The average Bonchev–Trinajstić information content (AvgIpc) is 2.37. The number of aliphatic carboxylic acids is 1. The van der Waals surface area contributed by atoms with Gasteiger partial charge in [0.1, 0.15) is 4.75 Å². The molecule has 1 rings (SSSR count). The fraction of sp³-hybridized carbons (Fsp3) is 0.385. The molecule has 0 spiro atoms. The van der Waals surface area contributed by atoms with Crippen LogP contribution in [0, 0.1) is 10.1 Å². The molecule has 0 heterocycles. The minimum atomic E-state index is -1.25. The molecule has 21 heavy (non-hydrogen) atoms. The van der Waals surface area contributed by atoms with Gasteiger partial charge in [0.2, 0.25) is 0 Å². The second-order valence-electron chi connectivity index (χ2n) is 4.72. The molecule has 0 saturated carbocycles. The fourth-order valence-electron chi connectivity index (χ4n) is 1.47. The Morgan fingerprint density at radius 3 is 2.52 bits per heavy atom. The van der Waals surface area contributed by atoms with E-state index in [1.165, 1.54) is 32.0 Å². The third-order valence-corrected chi connectivity index (χ3v) is 3.87. The number of thioether (sulfide) groups is 1. The number of nitro benzene ring substituents is 1. The van der Waals surface area contributed by atoms with Crippen molar-refractivity contribution in [3.8, 4) is 0 Å². The van der Waals surface area contributed by atoms with Crippen LogP contribution in [0.15, 0.2) is 23.1 Å². The number of nitro groups is 1. The molecule has 0 bridgehead atoms. The van der Waals surface area contributed by atoms with Crippen LogP contribution < -0.4 is 5.32 Å². The van der Waals surface area contributed by atoms with Crippen LogP contribution in [-0.2, 0) is 4.79 Å². The first kappa shape index (κ1) is 17.0. The van der Waals surface area contributed by atoms with E-state index in [0.717, 1.165) is 11.8 Å². The highest BCUT2D eigenvalue weighted by Gasteiger charge is 2.32. The van der Waals surface area contributed by atoms with Crippen molar-refractivity contribution in [3.63, 3.8) is 0 Å². The van der Waals surface area contributed by atoms with Gasteiger partial charge in [0.05, 0.1) is 9.82 Å². The van der Waals surface area contributed by atoms with Crippen LogP contribution in [0.25, 0.3) is 0 Å².